The molecule has 0 aromatic heterocycles. The lowest BCUT2D eigenvalue weighted by Gasteiger charge is -2.38. The molecule has 51 heavy (non-hydrogen) atoms. The van der Waals surface area contributed by atoms with Crippen molar-refractivity contribution >= 4 is 43.2 Å². The lowest BCUT2D eigenvalue weighted by Crippen LogP contribution is -2.46. The molecule has 8 rings (SSSR count). The van der Waals surface area contributed by atoms with Crippen LogP contribution in [0.15, 0.2) is 120 Å². The zero-order chi connectivity index (χ0) is 35.0. The average Bonchev–Trinajstić information content (AvgIpc) is 3.62. The van der Waals surface area contributed by atoms with E-state index in [4.69, 9.17) is 9.47 Å². The Morgan fingerprint density at radius 1 is 0.706 bits per heavy atom. The summed E-state index contributed by atoms with van der Waals surface area (Å²) in [6.45, 7) is 5.64. The van der Waals surface area contributed by atoms with Crippen molar-refractivity contribution in [2.45, 2.75) is 25.0 Å². The molecule has 0 saturated carbocycles. The first-order valence-electron chi connectivity index (χ1n) is 17.9. The number of fused-ring (bicyclic) bond motifs is 3. The van der Waals surface area contributed by atoms with Crippen molar-refractivity contribution < 1.29 is 14.6 Å². The second-order valence-corrected chi connectivity index (χ2v) is 15.1. The summed E-state index contributed by atoms with van der Waals surface area (Å²) in [4.78, 5) is 7.23. The van der Waals surface area contributed by atoms with E-state index in [2.05, 4.69) is 154 Å². The summed E-state index contributed by atoms with van der Waals surface area (Å²) >= 11 is 3.86. The van der Waals surface area contributed by atoms with Crippen molar-refractivity contribution in [2.24, 2.45) is 0 Å². The number of hydrogen-bond acceptors (Lipinski definition) is 6. The number of aliphatic hydroxyl groups is 1. The van der Waals surface area contributed by atoms with Crippen LogP contribution in [0.4, 0.5) is 5.69 Å². The number of piperazine rings is 1. The first-order valence-corrected chi connectivity index (χ1v) is 18.7. The minimum absolute atomic E-state index is 0.294. The van der Waals surface area contributed by atoms with Gasteiger partial charge in [0.25, 0.3) is 0 Å². The van der Waals surface area contributed by atoms with Gasteiger partial charge in [-0.25, -0.2) is 0 Å². The van der Waals surface area contributed by atoms with E-state index >= 15 is 0 Å². The third-order valence-electron chi connectivity index (χ3n) is 10.5. The highest BCUT2D eigenvalue weighted by molar-refractivity contribution is 9.10. The number of halogens is 1. The lowest BCUT2D eigenvalue weighted by atomic mass is 9.78. The first-order chi connectivity index (χ1) is 24.8. The van der Waals surface area contributed by atoms with Crippen molar-refractivity contribution in [2.75, 3.05) is 58.5 Å². The Balaban J connectivity index is 1.20. The van der Waals surface area contributed by atoms with Crippen LogP contribution in [0.2, 0.25) is 0 Å². The van der Waals surface area contributed by atoms with Crippen molar-refractivity contribution in [1.82, 2.24) is 9.80 Å². The van der Waals surface area contributed by atoms with Gasteiger partial charge in [0.1, 0.15) is 5.60 Å². The molecule has 1 fully saturated rings. The number of benzene rings is 6. The van der Waals surface area contributed by atoms with Gasteiger partial charge >= 0.3 is 0 Å². The van der Waals surface area contributed by atoms with E-state index in [1.54, 1.807) is 0 Å². The molecule has 6 aromatic carbocycles. The van der Waals surface area contributed by atoms with Crippen LogP contribution < -0.4 is 14.4 Å². The van der Waals surface area contributed by atoms with E-state index in [9.17, 15) is 5.11 Å². The van der Waals surface area contributed by atoms with E-state index in [0.29, 0.717) is 13.2 Å². The van der Waals surface area contributed by atoms with Crippen LogP contribution in [0.25, 0.3) is 21.5 Å². The predicted molar refractivity (Wildman–Crippen MR) is 211 cm³/mol. The Hall–Kier alpha value is -4.40. The summed E-state index contributed by atoms with van der Waals surface area (Å²) in [5.74, 6) is 1.66. The maximum Gasteiger partial charge on any atom is 0.231 e. The molecular formula is C44H44BrN3O3. The van der Waals surface area contributed by atoms with Gasteiger partial charge in [-0.2, -0.15) is 0 Å². The molecule has 1 N–H and O–H groups in total. The fourth-order valence-corrected chi connectivity index (χ4v) is 8.31. The van der Waals surface area contributed by atoms with Gasteiger partial charge in [-0.05, 0) is 113 Å². The summed E-state index contributed by atoms with van der Waals surface area (Å²) in [6.07, 6.45) is 1.39. The average molecular weight is 743 g/mol. The highest BCUT2D eigenvalue weighted by atomic mass is 79.9. The third kappa shape index (κ3) is 6.96. The van der Waals surface area contributed by atoms with E-state index in [1.807, 2.05) is 6.07 Å². The fourth-order valence-electron chi connectivity index (χ4n) is 7.83. The molecule has 6 aromatic rings. The topological polar surface area (TPSA) is 48.4 Å². The zero-order valence-corrected chi connectivity index (χ0v) is 30.9. The van der Waals surface area contributed by atoms with Gasteiger partial charge < -0.3 is 24.4 Å². The normalized spacial score (nSPS) is 15.9. The summed E-state index contributed by atoms with van der Waals surface area (Å²) in [5, 5.41) is 17.6. The van der Waals surface area contributed by atoms with Crippen LogP contribution in [-0.2, 0) is 18.6 Å². The van der Waals surface area contributed by atoms with E-state index in [-0.39, 0.29) is 0 Å². The Morgan fingerprint density at radius 2 is 1.47 bits per heavy atom. The zero-order valence-electron chi connectivity index (χ0n) is 29.3. The van der Waals surface area contributed by atoms with Gasteiger partial charge in [0.2, 0.25) is 6.79 Å². The monoisotopic (exact) mass is 741 g/mol. The minimum Gasteiger partial charge on any atom is -0.454 e. The summed E-state index contributed by atoms with van der Waals surface area (Å²) in [6, 6.07) is 40.8. The summed E-state index contributed by atoms with van der Waals surface area (Å²) in [5.41, 5.74) is 5.70. The molecule has 0 amide bonds. The number of hydrogen-bond donors (Lipinski definition) is 1. The molecular weight excluding hydrogens is 698 g/mol. The standard InChI is InChI=1S/C44H44BrN3O3/c1-46(2)18-17-44(49,39-14-8-12-33-11-6-7-13-37(33)39)40-27-36(45)26-34-25-35(23-31-9-4-3-5-10-31)41(28-38(34)40)48-21-19-47(20-22-48)29-32-15-16-42-43(24-32)51-30-50-42/h3-16,24-28,49H,17-23,29-30H2,1-2H3. The van der Waals surface area contributed by atoms with Crippen molar-refractivity contribution in [3.63, 3.8) is 0 Å². The molecule has 0 aliphatic carbocycles. The third-order valence-corrected chi connectivity index (χ3v) is 11.0. The minimum atomic E-state index is -1.23. The molecule has 1 saturated heterocycles. The highest BCUT2D eigenvalue weighted by Gasteiger charge is 2.35. The molecule has 1 atom stereocenters. The second kappa shape index (κ2) is 14.3. The Morgan fingerprint density at radius 3 is 2.29 bits per heavy atom. The van der Waals surface area contributed by atoms with E-state index < -0.39 is 5.60 Å². The molecule has 6 nitrogen and oxygen atoms in total. The highest BCUT2D eigenvalue weighted by Crippen LogP contribution is 2.44. The van der Waals surface area contributed by atoms with Gasteiger partial charge in [-0.15, -0.1) is 0 Å². The van der Waals surface area contributed by atoms with Crippen LogP contribution in [0.3, 0.4) is 0 Å². The number of rotatable bonds is 10. The molecule has 2 aliphatic rings. The SMILES string of the molecule is CN(C)CCC(O)(c1cccc2ccccc12)c1cc(Br)cc2cc(Cc3ccccc3)c(N3CCN(Cc4ccc5c(c4)OCO5)CC3)cc12. The van der Waals surface area contributed by atoms with E-state index in [1.165, 1.54) is 22.4 Å². The van der Waals surface area contributed by atoms with Gasteiger partial charge in [0, 0.05) is 49.4 Å². The second-order valence-electron chi connectivity index (χ2n) is 14.2. The van der Waals surface area contributed by atoms with Crippen LogP contribution in [0, 0.1) is 0 Å². The number of anilines is 1. The molecule has 0 spiro atoms. The summed E-state index contributed by atoms with van der Waals surface area (Å²) in [7, 11) is 4.14. The molecule has 7 heteroatoms. The van der Waals surface area contributed by atoms with Gasteiger partial charge in [-0.1, -0.05) is 94.8 Å². The van der Waals surface area contributed by atoms with Crippen LogP contribution in [-0.4, -0.2) is 68.5 Å². The molecule has 1 unspecified atom stereocenters. The maximum atomic E-state index is 13.2. The van der Waals surface area contributed by atoms with Crippen molar-refractivity contribution in [1.29, 1.82) is 0 Å². The molecule has 260 valence electrons. The largest absolute Gasteiger partial charge is 0.454 e. The van der Waals surface area contributed by atoms with Crippen molar-refractivity contribution in [3.8, 4) is 11.5 Å². The lowest BCUT2D eigenvalue weighted by molar-refractivity contribution is 0.0658. The van der Waals surface area contributed by atoms with E-state index in [0.717, 1.165) is 94.3 Å². The predicted octanol–water partition coefficient (Wildman–Crippen LogP) is 8.58. The Kier molecular flexibility index (Phi) is 9.47. The molecule has 2 aliphatic heterocycles. The van der Waals surface area contributed by atoms with Gasteiger partial charge in [0.05, 0.1) is 0 Å². The molecule has 0 radical (unpaired) electrons. The van der Waals surface area contributed by atoms with Gasteiger partial charge in [0.15, 0.2) is 11.5 Å². The van der Waals surface area contributed by atoms with Crippen LogP contribution in [0.5, 0.6) is 11.5 Å². The molecule has 0 bridgehead atoms. The van der Waals surface area contributed by atoms with Gasteiger partial charge in [-0.3, -0.25) is 4.90 Å². The summed E-state index contributed by atoms with van der Waals surface area (Å²) < 4.78 is 12.1. The quantitative estimate of drug-likeness (QED) is 0.152. The smallest absolute Gasteiger partial charge is 0.231 e. The van der Waals surface area contributed by atoms with Crippen LogP contribution in [0.1, 0.15) is 34.2 Å². The number of ether oxygens (including phenoxy) is 2. The fraction of sp³-hybridized carbons (Fsp3) is 0.273. The maximum absolute atomic E-state index is 13.2. The number of nitrogens with zero attached hydrogens (tertiary/aromatic N) is 3. The Labute approximate surface area is 309 Å². The first kappa shape index (κ1) is 33.7. The van der Waals surface area contributed by atoms with Crippen molar-refractivity contribution in [3.05, 3.63) is 148 Å². The molecule has 2 heterocycles. The Bertz CT molecular complexity index is 2180. The van der Waals surface area contributed by atoms with Crippen LogP contribution >= 0.6 is 15.9 Å².